The van der Waals surface area contributed by atoms with Gasteiger partial charge in [0.15, 0.2) is 0 Å². The van der Waals surface area contributed by atoms with Gasteiger partial charge in [-0.05, 0) is 26.3 Å². The molecule has 0 aromatic carbocycles. The van der Waals surface area contributed by atoms with Crippen LogP contribution in [0.4, 0.5) is 5.82 Å². The highest BCUT2D eigenvalue weighted by Crippen LogP contribution is 2.35. The molecule has 8 heteroatoms. The average molecular weight is 404 g/mol. The normalized spacial score (nSPS) is 15.6. The molecule has 1 aliphatic heterocycles. The third-order valence-corrected chi connectivity index (χ3v) is 6.88. The molecule has 1 aliphatic rings. The molecule has 0 unspecified atom stereocenters. The van der Waals surface area contributed by atoms with Crippen LogP contribution in [0.15, 0.2) is 5.38 Å². The Bertz CT molecular complexity index is 945. The Morgan fingerprint density at radius 1 is 1.15 bits per heavy atom. The predicted octanol–water partition coefficient (Wildman–Crippen LogP) is 3.54. The number of thiazole rings is 1. The Morgan fingerprint density at radius 3 is 2.63 bits per heavy atom. The first-order valence-electron chi connectivity index (χ1n) is 9.20. The molecular formula is C19H25N5OS2. The zero-order chi connectivity index (χ0) is 19.0. The largest absolute Gasteiger partial charge is 0.379 e. The number of morpholine rings is 1. The number of nitrogens with zero attached hydrogens (tertiary/aromatic N) is 5. The zero-order valence-electron chi connectivity index (χ0n) is 16.3. The van der Waals surface area contributed by atoms with E-state index in [1.54, 1.807) is 22.7 Å². The highest BCUT2D eigenvalue weighted by molar-refractivity contribution is 7.18. The quantitative estimate of drug-likeness (QED) is 0.649. The summed E-state index contributed by atoms with van der Waals surface area (Å²) in [6.07, 6.45) is 0. The first-order chi connectivity index (χ1) is 13.0. The van der Waals surface area contributed by atoms with E-state index >= 15 is 0 Å². The molecule has 144 valence electrons. The Kier molecular flexibility index (Phi) is 5.41. The summed E-state index contributed by atoms with van der Waals surface area (Å²) in [5.74, 6) is 1.90. The molecule has 1 saturated heterocycles. The van der Waals surface area contributed by atoms with Gasteiger partial charge < -0.3 is 9.64 Å². The number of rotatable bonds is 5. The van der Waals surface area contributed by atoms with Crippen molar-refractivity contribution >= 4 is 38.7 Å². The van der Waals surface area contributed by atoms with Crippen LogP contribution in [0, 0.1) is 20.8 Å². The van der Waals surface area contributed by atoms with Gasteiger partial charge in [0.2, 0.25) is 0 Å². The van der Waals surface area contributed by atoms with E-state index in [0.29, 0.717) is 0 Å². The second kappa shape index (κ2) is 7.79. The van der Waals surface area contributed by atoms with Crippen LogP contribution in [-0.4, -0.2) is 53.2 Å². The van der Waals surface area contributed by atoms with Gasteiger partial charge in [0.05, 0.1) is 42.4 Å². The lowest BCUT2D eigenvalue weighted by atomic mass is 10.2. The van der Waals surface area contributed by atoms with E-state index in [1.807, 2.05) is 6.92 Å². The summed E-state index contributed by atoms with van der Waals surface area (Å²) in [4.78, 5) is 21.5. The second-order valence-corrected chi connectivity index (χ2v) is 9.29. The van der Waals surface area contributed by atoms with Crippen molar-refractivity contribution in [3.8, 4) is 0 Å². The first-order valence-corrected chi connectivity index (χ1v) is 10.9. The SMILES string of the molecule is Cc1nc(CN(C)c2nc(CN3CCOCC3)nc3sc(C)c(C)c23)cs1. The van der Waals surface area contributed by atoms with Gasteiger partial charge in [-0.2, -0.15) is 0 Å². The number of fused-ring (bicyclic) bond motifs is 1. The van der Waals surface area contributed by atoms with Crippen molar-refractivity contribution in [3.63, 3.8) is 0 Å². The fraction of sp³-hybridized carbons (Fsp3) is 0.526. The van der Waals surface area contributed by atoms with Gasteiger partial charge in [0, 0.05) is 30.4 Å². The highest BCUT2D eigenvalue weighted by atomic mass is 32.1. The lowest BCUT2D eigenvalue weighted by Gasteiger charge is -2.26. The van der Waals surface area contributed by atoms with Crippen molar-refractivity contribution in [2.75, 3.05) is 38.3 Å². The van der Waals surface area contributed by atoms with E-state index in [2.05, 4.69) is 41.1 Å². The Labute approximate surface area is 167 Å². The number of aryl methyl sites for hydroxylation is 3. The highest BCUT2D eigenvalue weighted by Gasteiger charge is 2.20. The number of aromatic nitrogens is 3. The maximum atomic E-state index is 5.46. The Hall–Kier alpha value is -1.61. The number of hydrogen-bond acceptors (Lipinski definition) is 8. The molecule has 0 bridgehead atoms. The summed E-state index contributed by atoms with van der Waals surface area (Å²) in [6, 6.07) is 0. The van der Waals surface area contributed by atoms with Crippen molar-refractivity contribution in [2.45, 2.75) is 33.9 Å². The number of thiophene rings is 1. The molecular weight excluding hydrogens is 378 g/mol. The summed E-state index contributed by atoms with van der Waals surface area (Å²) in [6.45, 7) is 11.4. The molecule has 6 nitrogen and oxygen atoms in total. The molecule has 0 spiro atoms. The Balaban J connectivity index is 1.69. The summed E-state index contributed by atoms with van der Waals surface area (Å²) < 4.78 is 5.46. The third kappa shape index (κ3) is 3.99. The summed E-state index contributed by atoms with van der Waals surface area (Å²) in [7, 11) is 2.10. The molecule has 0 atom stereocenters. The molecule has 0 amide bonds. The van der Waals surface area contributed by atoms with Crippen molar-refractivity contribution in [1.82, 2.24) is 19.9 Å². The number of hydrogen-bond donors (Lipinski definition) is 0. The van der Waals surface area contributed by atoms with Crippen LogP contribution >= 0.6 is 22.7 Å². The second-order valence-electron chi connectivity index (χ2n) is 7.03. The number of anilines is 1. The van der Waals surface area contributed by atoms with Crippen molar-refractivity contribution in [2.24, 2.45) is 0 Å². The molecule has 0 N–H and O–H groups in total. The van der Waals surface area contributed by atoms with Gasteiger partial charge in [0.1, 0.15) is 16.5 Å². The Morgan fingerprint density at radius 2 is 1.93 bits per heavy atom. The van der Waals surface area contributed by atoms with E-state index in [0.717, 1.165) is 66.6 Å². The molecule has 3 aromatic rings. The minimum Gasteiger partial charge on any atom is -0.379 e. The van der Waals surface area contributed by atoms with E-state index < -0.39 is 0 Å². The minimum absolute atomic E-state index is 0.752. The number of ether oxygens (including phenoxy) is 1. The van der Waals surface area contributed by atoms with Gasteiger partial charge in [-0.15, -0.1) is 22.7 Å². The van der Waals surface area contributed by atoms with Gasteiger partial charge in [0.25, 0.3) is 0 Å². The fourth-order valence-corrected chi connectivity index (χ4v) is 5.02. The molecule has 0 radical (unpaired) electrons. The van der Waals surface area contributed by atoms with Gasteiger partial charge in [-0.3, -0.25) is 4.90 Å². The summed E-state index contributed by atoms with van der Waals surface area (Å²) in [5.41, 5.74) is 2.37. The molecule has 3 aromatic heterocycles. The fourth-order valence-electron chi connectivity index (χ4n) is 3.38. The van der Waals surface area contributed by atoms with Gasteiger partial charge in [-0.25, -0.2) is 15.0 Å². The molecule has 4 rings (SSSR count). The van der Waals surface area contributed by atoms with E-state index in [-0.39, 0.29) is 0 Å². The van der Waals surface area contributed by atoms with Crippen molar-refractivity contribution in [3.05, 3.63) is 32.3 Å². The standard InChI is InChI=1S/C19H25N5OS2/c1-12-13(2)27-19-17(12)18(23(4)9-15-11-26-14(3)20-15)21-16(22-19)10-24-5-7-25-8-6-24/h11H,5-10H2,1-4H3. The van der Waals surface area contributed by atoms with E-state index in [9.17, 15) is 0 Å². The molecule has 0 aliphatic carbocycles. The summed E-state index contributed by atoms with van der Waals surface area (Å²) in [5, 5.41) is 4.41. The van der Waals surface area contributed by atoms with Crippen LogP contribution in [0.3, 0.4) is 0 Å². The molecule has 0 saturated carbocycles. The van der Waals surface area contributed by atoms with Crippen molar-refractivity contribution < 1.29 is 4.74 Å². The monoisotopic (exact) mass is 403 g/mol. The van der Waals surface area contributed by atoms with Gasteiger partial charge in [-0.1, -0.05) is 0 Å². The van der Waals surface area contributed by atoms with Crippen LogP contribution in [0.25, 0.3) is 10.2 Å². The van der Waals surface area contributed by atoms with Crippen LogP contribution < -0.4 is 4.90 Å². The van der Waals surface area contributed by atoms with Gasteiger partial charge >= 0.3 is 0 Å². The minimum atomic E-state index is 0.752. The molecule has 4 heterocycles. The van der Waals surface area contributed by atoms with E-state index in [4.69, 9.17) is 14.7 Å². The third-order valence-electron chi connectivity index (χ3n) is 4.95. The van der Waals surface area contributed by atoms with Crippen molar-refractivity contribution in [1.29, 1.82) is 0 Å². The maximum Gasteiger partial charge on any atom is 0.146 e. The van der Waals surface area contributed by atoms with Crippen LogP contribution in [-0.2, 0) is 17.8 Å². The lowest BCUT2D eigenvalue weighted by Crippen LogP contribution is -2.36. The zero-order valence-corrected chi connectivity index (χ0v) is 17.9. The lowest BCUT2D eigenvalue weighted by molar-refractivity contribution is 0.0331. The summed E-state index contributed by atoms with van der Waals surface area (Å²) >= 11 is 3.45. The maximum absolute atomic E-state index is 5.46. The topological polar surface area (TPSA) is 54.4 Å². The van der Waals surface area contributed by atoms with Crippen LogP contribution in [0.5, 0.6) is 0 Å². The smallest absolute Gasteiger partial charge is 0.146 e. The molecule has 27 heavy (non-hydrogen) atoms. The molecule has 1 fully saturated rings. The average Bonchev–Trinajstić information content (AvgIpc) is 3.18. The predicted molar refractivity (Wildman–Crippen MR) is 112 cm³/mol. The van der Waals surface area contributed by atoms with Crippen LogP contribution in [0.1, 0.15) is 27.0 Å². The first kappa shape index (κ1) is 18.7. The van der Waals surface area contributed by atoms with Crippen LogP contribution in [0.2, 0.25) is 0 Å². The van der Waals surface area contributed by atoms with E-state index in [1.165, 1.54) is 15.8 Å².